The fourth-order valence-corrected chi connectivity index (χ4v) is 11.6. The van der Waals surface area contributed by atoms with Crippen LogP contribution in [0.1, 0.15) is 60.5 Å². The summed E-state index contributed by atoms with van der Waals surface area (Å²) in [5, 5.41) is 9.77. The highest BCUT2D eigenvalue weighted by Crippen LogP contribution is 2.42. The molecular formula is C48H57BrN11O6P. The summed E-state index contributed by atoms with van der Waals surface area (Å²) in [5.41, 5.74) is 6.44. The van der Waals surface area contributed by atoms with E-state index >= 15 is 0 Å². The second-order valence-corrected chi connectivity index (χ2v) is 21.9. The van der Waals surface area contributed by atoms with Crippen LogP contribution in [0.2, 0.25) is 0 Å². The molecule has 0 bridgehead atoms. The van der Waals surface area contributed by atoms with Gasteiger partial charge in [0.05, 0.1) is 46.9 Å². The Bertz CT molecular complexity index is 2740. The van der Waals surface area contributed by atoms with Gasteiger partial charge >= 0.3 is 0 Å². The lowest BCUT2D eigenvalue weighted by molar-refractivity contribution is -0.136. The van der Waals surface area contributed by atoms with Gasteiger partial charge in [0.1, 0.15) is 36.0 Å². The number of amides is 3. The lowest BCUT2D eigenvalue weighted by atomic mass is 9.99. The second kappa shape index (κ2) is 19.9. The third-order valence-electron chi connectivity index (χ3n) is 13.3. The molecule has 0 radical (unpaired) electrons. The van der Waals surface area contributed by atoms with Crippen LogP contribution in [0.4, 0.5) is 28.8 Å². The molecule has 3 fully saturated rings. The van der Waals surface area contributed by atoms with Crippen molar-refractivity contribution in [2.45, 2.75) is 64.1 Å². The predicted octanol–water partition coefficient (Wildman–Crippen LogP) is 6.31. The van der Waals surface area contributed by atoms with E-state index in [2.05, 4.69) is 80.6 Å². The zero-order chi connectivity index (χ0) is 46.8. The van der Waals surface area contributed by atoms with Crippen molar-refractivity contribution < 1.29 is 28.4 Å². The van der Waals surface area contributed by atoms with E-state index < -0.39 is 19.1 Å². The summed E-state index contributed by atoms with van der Waals surface area (Å²) in [6.07, 6.45) is 9.36. The molecule has 3 N–H and O–H groups in total. The Labute approximate surface area is 398 Å². The molecule has 9 rings (SSSR count). The highest BCUT2D eigenvalue weighted by atomic mass is 79.9. The maximum Gasteiger partial charge on any atom is 0.255 e. The molecule has 4 aliphatic rings. The van der Waals surface area contributed by atoms with E-state index in [0.717, 1.165) is 82.7 Å². The van der Waals surface area contributed by atoms with Crippen LogP contribution in [0, 0.1) is 0 Å². The first kappa shape index (κ1) is 46.4. The van der Waals surface area contributed by atoms with E-state index in [4.69, 9.17) is 14.5 Å². The third kappa shape index (κ3) is 9.99. The number of piperazine rings is 1. The van der Waals surface area contributed by atoms with E-state index in [9.17, 15) is 18.9 Å². The molecule has 67 heavy (non-hydrogen) atoms. The Morgan fingerprint density at radius 2 is 1.70 bits per heavy atom. The summed E-state index contributed by atoms with van der Waals surface area (Å²) in [4.78, 5) is 64.9. The molecule has 19 heteroatoms. The average Bonchev–Trinajstić information content (AvgIpc) is 3.67. The van der Waals surface area contributed by atoms with Crippen molar-refractivity contribution in [3.05, 3.63) is 82.2 Å². The summed E-state index contributed by atoms with van der Waals surface area (Å²) >= 11 is 3.60. The molecule has 6 heterocycles. The minimum atomic E-state index is -2.78. The number of halogens is 1. The van der Waals surface area contributed by atoms with Crippen molar-refractivity contribution in [3.8, 4) is 11.5 Å². The Morgan fingerprint density at radius 3 is 2.45 bits per heavy atom. The number of methoxy groups -OCH3 is 1. The summed E-state index contributed by atoms with van der Waals surface area (Å²) in [6.45, 7) is 13.4. The first-order valence-electron chi connectivity index (χ1n) is 23.1. The first-order chi connectivity index (χ1) is 32.4. The van der Waals surface area contributed by atoms with Crippen LogP contribution < -0.4 is 35.6 Å². The highest BCUT2D eigenvalue weighted by Gasteiger charge is 2.40. The molecule has 5 aromatic rings. The number of aromatic nitrogens is 4. The van der Waals surface area contributed by atoms with E-state index in [1.54, 1.807) is 50.0 Å². The largest absolute Gasteiger partial charge is 0.494 e. The van der Waals surface area contributed by atoms with E-state index in [1.165, 1.54) is 11.3 Å². The lowest BCUT2D eigenvalue weighted by Gasteiger charge is -2.43. The van der Waals surface area contributed by atoms with Gasteiger partial charge in [-0.3, -0.25) is 34.6 Å². The van der Waals surface area contributed by atoms with Gasteiger partial charge in [-0.25, -0.2) is 4.98 Å². The molecule has 1 unspecified atom stereocenters. The molecule has 17 nitrogen and oxygen atoms in total. The molecule has 0 spiro atoms. The van der Waals surface area contributed by atoms with Gasteiger partial charge in [0.25, 0.3) is 5.91 Å². The number of ether oxygens (including phenoxy) is 2. The number of nitrogens with one attached hydrogen (secondary N) is 3. The summed E-state index contributed by atoms with van der Waals surface area (Å²) in [5.74, 6) is 1.37. The minimum Gasteiger partial charge on any atom is -0.494 e. The molecule has 4 aliphatic heterocycles. The van der Waals surface area contributed by atoms with Crippen molar-refractivity contribution in [2.24, 2.45) is 0 Å². The molecule has 3 saturated heterocycles. The minimum absolute atomic E-state index is 0.192. The van der Waals surface area contributed by atoms with Crippen LogP contribution in [0.5, 0.6) is 11.5 Å². The lowest BCUT2D eigenvalue weighted by Crippen LogP contribution is -2.53. The highest BCUT2D eigenvalue weighted by molar-refractivity contribution is 9.10. The number of carbonyl (C=O) groups is 3. The van der Waals surface area contributed by atoms with Gasteiger partial charge in [-0.15, -0.1) is 0 Å². The normalized spacial score (nSPS) is 18.6. The zero-order valence-electron chi connectivity index (χ0n) is 38.4. The van der Waals surface area contributed by atoms with Gasteiger partial charge in [-0.1, -0.05) is 13.0 Å². The number of fused-ring (bicyclic) bond motifs is 2. The number of rotatable bonds is 15. The maximum atomic E-state index is 13.5. The number of piperidine rings is 2. The van der Waals surface area contributed by atoms with Gasteiger partial charge in [0.15, 0.2) is 0 Å². The van der Waals surface area contributed by atoms with Crippen LogP contribution in [0.25, 0.3) is 11.0 Å². The molecular weight excluding hydrogens is 937 g/mol. The van der Waals surface area contributed by atoms with Gasteiger partial charge < -0.3 is 39.4 Å². The van der Waals surface area contributed by atoms with Crippen molar-refractivity contribution in [3.63, 3.8) is 0 Å². The van der Waals surface area contributed by atoms with E-state index in [1.807, 2.05) is 24.3 Å². The number of carbonyl (C=O) groups excluding carboxylic acids is 3. The molecule has 3 amide bonds. The standard InChI is InChI=1S/C48H57BrN11O6P/c1-5-30-26-37(54-48-52-28-34(49)45(56-48)53-36-11-10-35-43(51-17-16-50-35)44(36)67(3,4)64)41(65-2)27-39(30)59-19-14-31(15-20-59)58-23-21-57(22-24-58)18-7-25-66-40-9-6-8-32-33(40)29-60(47(32)63)38-12-13-42(61)55-46(38)62/h6,8-11,16-17,26-28,31,38H,5,7,12-15,18-25,29H2,1-4H3,(H,55,61,62)(H2,52,53,54,56). The Balaban J connectivity index is 0.763. The van der Waals surface area contributed by atoms with Crippen LogP contribution >= 0.6 is 23.1 Å². The molecule has 1 atom stereocenters. The van der Waals surface area contributed by atoms with Crippen molar-refractivity contribution in [1.82, 2.24) is 40.0 Å². The fraction of sp³-hybridized carbons (Fsp3) is 0.438. The van der Waals surface area contributed by atoms with Crippen molar-refractivity contribution in [1.29, 1.82) is 0 Å². The van der Waals surface area contributed by atoms with E-state index in [-0.39, 0.29) is 18.2 Å². The van der Waals surface area contributed by atoms with Gasteiger partial charge in [-0.05, 0) is 97.3 Å². The Kier molecular flexibility index (Phi) is 13.8. The second-order valence-electron chi connectivity index (χ2n) is 17.9. The number of nitrogens with zero attached hydrogens (tertiary/aromatic N) is 8. The van der Waals surface area contributed by atoms with Gasteiger partial charge in [0.2, 0.25) is 17.8 Å². The molecule has 3 aromatic carbocycles. The van der Waals surface area contributed by atoms with Gasteiger partial charge in [0, 0.05) is 99.7 Å². The number of aryl methyl sites for hydroxylation is 1. The number of hydrogen-bond acceptors (Lipinski definition) is 15. The van der Waals surface area contributed by atoms with Crippen LogP contribution in [0.15, 0.2) is 65.5 Å². The average molecular weight is 995 g/mol. The monoisotopic (exact) mass is 993 g/mol. The fourth-order valence-electron chi connectivity index (χ4n) is 9.88. The quantitative estimate of drug-likeness (QED) is 0.0602. The molecule has 0 aliphatic carbocycles. The molecule has 2 aromatic heterocycles. The van der Waals surface area contributed by atoms with Crippen LogP contribution in [0.3, 0.4) is 0 Å². The SMILES string of the molecule is CCc1cc(Nc2ncc(Br)c(Nc3ccc4nccnc4c3P(C)(C)=O)n2)c(OC)cc1N1CCC(N2CCN(CCCOc3cccc4c3CN(C3CCC(=O)NC3=O)C4=O)CC2)CC1. The van der Waals surface area contributed by atoms with E-state index in [0.29, 0.717) is 80.9 Å². The maximum absolute atomic E-state index is 13.5. The number of imide groups is 1. The number of benzene rings is 3. The van der Waals surface area contributed by atoms with Crippen LogP contribution in [-0.4, -0.2) is 137 Å². The summed E-state index contributed by atoms with van der Waals surface area (Å²) in [7, 11) is -1.10. The smallest absolute Gasteiger partial charge is 0.255 e. The predicted molar refractivity (Wildman–Crippen MR) is 263 cm³/mol. The Morgan fingerprint density at radius 1 is 0.910 bits per heavy atom. The van der Waals surface area contributed by atoms with Crippen molar-refractivity contribution in [2.75, 3.05) is 88.4 Å². The summed E-state index contributed by atoms with van der Waals surface area (Å²) in [6, 6.07) is 13.4. The van der Waals surface area contributed by atoms with Crippen molar-refractivity contribution >= 4 is 86.0 Å². The zero-order valence-corrected chi connectivity index (χ0v) is 40.9. The number of hydrogen-bond donors (Lipinski definition) is 3. The number of anilines is 5. The molecule has 352 valence electrons. The first-order valence-corrected chi connectivity index (χ1v) is 26.5. The molecule has 0 saturated carbocycles. The van der Waals surface area contributed by atoms with Crippen LogP contribution in [-0.2, 0) is 27.1 Å². The van der Waals surface area contributed by atoms with Gasteiger partial charge in [-0.2, -0.15) is 4.98 Å². The summed E-state index contributed by atoms with van der Waals surface area (Å²) < 4.78 is 26.4. The Hall–Kier alpha value is -5.68. The third-order valence-corrected chi connectivity index (χ3v) is 15.4. The topological polar surface area (TPSA) is 187 Å².